The van der Waals surface area contributed by atoms with Crippen LogP contribution in [-0.2, 0) is 11.3 Å². The van der Waals surface area contributed by atoms with E-state index in [1.54, 1.807) is 12.3 Å². The molecule has 0 radical (unpaired) electrons. The molecule has 1 unspecified atom stereocenters. The van der Waals surface area contributed by atoms with Crippen LogP contribution in [0.2, 0.25) is 0 Å². The molecule has 2 saturated heterocycles. The second-order valence-electron chi connectivity index (χ2n) is 9.84. The number of fused-ring (bicyclic) bond motifs is 2. The number of aromatic nitrogens is 2. The van der Waals surface area contributed by atoms with Crippen molar-refractivity contribution in [1.82, 2.24) is 25.3 Å². The van der Waals surface area contributed by atoms with Crippen molar-refractivity contribution in [3.8, 4) is 16.9 Å². The number of amides is 1. The fraction of sp³-hybridized carbons (Fsp3) is 0.333. The largest absolute Gasteiger partial charge is 0.435 e. The van der Waals surface area contributed by atoms with Gasteiger partial charge in [-0.1, -0.05) is 0 Å². The lowest BCUT2D eigenvalue weighted by molar-refractivity contribution is -0.111. The summed E-state index contributed by atoms with van der Waals surface area (Å²) in [7, 11) is 2.10. The minimum absolute atomic E-state index is 0.00567. The van der Waals surface area contributed by atoms with Crippen molar-refractivity contribution in [2.45, 2.75) is 38.2 Å². The first-order valence-corrected chi connectivity index (χ1v) is 12.5. The van der Waals surface area contributed by atoms with E-state index in [4.69, 9.17) is 0 Å². The molecule has 6 rings (SSSR count). The molecule has 8 nitrogen and oxygen atoms in total. The predicted molar refractivity (Wildman–Crippen MR) is 136 cm³/mol. The van der Waals surface area contributed by atoms with Crippen LogP contribution in [0.15, 0.2) is 54.5 Å². The SMILES string of the molecule is CN1CCC(n2cc(-c3cc4c(cc3F)CNC3NC3=C4C(=O)Nc3ccc(OC(F)F)cc3)cn2)CC1. The molecule has 2 fully saturated rings. The molecule has 3 aliphatic rings. The molecule has 1 aromatic heterocycles. The maximum atomic E-state index is 15.3. The lowest BCUT2D eigenvalue weighted by Gasteiger charge is -2.28. The number of anilines is 1. The zero-order valence-electron chi connectivity index (χ0n) is 20.7. The summed E-state index contributed by atoms with van der Waals surface area (Å²) in [5.41, 5.74) is 3.87. The number of hydrogen-bond donors (Lipinski definition) is 3. The molecule has 1 atom stereocenters. The maximum absolute atomic E-state index is 15.3. The Labute approximate surface area is 217 Å². The van der Waals surface area contributed by atoms with Crippen molar-refractivity contribution < 1.29 is 22.7 Å². The third-order valence-corrected chi connectivity index (χ3v) is 7.27. The number of likely N-dealkylation sites (tertiary alicyclic amines) is 1. The predicted octanol–water partition coefficient (Wildman–Crippen LogP) is 3.94. The molecule has 3 aromatic rings. The Morgan fingerprint density at radius 1 is 1.16 bits per heavy atom. The number of carbonyl (C=O) groups excluding carboxylic acids is 1. The molecule has 0 spiro atoms. The highest BCUT2D eigenvalue weighted by atomic mass is 19.3. The van der Waals surface area contributed by atoms with Crippen molar-refractivity contribution >= 4 is 17.2 Å². The average Bonchev–Trinajstić information content (AvgIpc) is 3.51. The number of halogens is 3. The summed E-state index contributed by atoms with van der Waals surface area (Å²) in [5, 5.41) is 13.8. The van der Waals surface area contributed by atoms with Crippen molar-refractivity contribution in [1.29, 1.82) is 0 Å². The molecule has 4 heterocycles. The van der Waals surface area contributed by atoms with Crippen molar-refractivity contribution in [3.05, 3.63) is 71.4 Å². The first-order chi connectivity index (χ1) is 18.4. The number of hydrogen-bond acceptors (Lipinski definition) is 6. The molecule has 3 aliphatic heterocycles. The zero-order valence-corrected chi connectivity index (χ0v) is 20.7. The number of carbonyl (C=O) groups is 1. The van der Waals surface area contributed by atoms with Crippen molar-refractivity contribution in [2.24, 2.45) is 0 Å². The quantitative estimate of drug-likeness (QED) is 0.423. The van der Waals surface area contributed by atoms with E-state index in [1.807, 2.05) is 10.9 Å². The Balaban J connectivity index is 1.29. The van der Waals surface area contributed by atoms with Gasteiger partial charge in [-0.05, 0) is 80.5 Å². The first-order valence-electron chi connectivity index (χ1n) is 12.5. The summed E-state index contributed by atoms with van der Waals surface area (Å²) < 4.78 is 46.5. The van der Waals surface area contributed by atoms with Gasteiger partial charge in [0.25, 0.3) is 5.91 Å². The Hall–Kier alpha value is -3.83. The van der Waals surface area contributed by atoms with E-state index in [0.717, 1.165) is 31.6 Å². The molecule has 3 N–H and O–H groups in total. The number of piperidine rings is 1. The topological polar surface area (TPSA) is 93.4 Å². The maximum Gasteiger partial charge on any atom is 0.387 e. The molecule has 198 valence electrons. The highest BCUT2D eigenvalue weighted by molar-refractivity contribution is 6.27. The Bertz CT molecular complexity index is 1400. The molecule has 1 amide bonds. The van der Waals surface area contributed by atoms with Gasteiger partial charge in [0.2, 0.25) is 0 Å². The van der Waals surface area contributed by atoms with Gasteiger partial charge in [0, 0.05) is 29.6 Å². The van der Waals surface area contributed by atoms with Gasteiger partial charge in [0.1, 0.15) is 17.7 Å². The van der Waals surface area contributed by atoms with Crippen LogP contribution in [0.5, 0.6) is 5.75 Å². The fourth-order valence-electron chi connectivity index (χ4n) is 5.15. The van der Waals surface area contributed by atoms with Crippen molar-refractivity contribution in [3.63, 3.8) is 0 Å². The van der Waals surface area contributed by atoms with Crippen LogP contribution in [0, 0.1) is 5.82 Å². The van der Waals surface area contributed by atoms with Gasteiger partial charge < -0.3 is 20.3 Å². The number of nitrogens with zero attached hydrogens (tertiary/aromatic N) is 3. The van der Waals surface area contributed by atoms with Gasteiger partial charge in [0.15, 0.2) is 0 Å². The summed E-state index contributed by atoms with van der Waals surface area (Å²) in [4.78, 5) is 15.7. The number of ether oxygens (including phenoxy) is 1. The monoisotopic (exact) mass is 524 g/mol. The Morgan fingerprint density at radius 3 is 2.66 bits per heavy atom. The van der Waals surface area contributed by atoms with Crippen LogP contribution in [0.1, 0.15) is 30.0 Å². The highest BCUT2D eigenvalue weighted by Crippen LogP contribution is 2.37. The van der Waals surface area contributed by atoms with Crippen LogP contribution in [0.3, 0.4) is 0 Å². The number of rotatable bonds is 6. The molecular formula is C27H27F3N6O2. The highest BCUT2D eigenvalue weighted by Gasteiger charge is 2.38. The van der Waals surface area contributed by atoms with Crippen LogP contribution in [0.25, 0.3) is 16.7 Å². The molecule has 38 heavy (non-hydrogen) atoms. The molecule has 11 heteroatoms. The van der Waals surface area contributed by atoms with Crippen LogP contribution < -0.4 is 20.7 Å². The van der Waals surface area contributed by atoms with Crippen LogP contribution in [0.4, 0.5) is 18.9 Å². The van der Waals surface area contributed by atoms with Gasteiger partial charge >= 0.3 is 6.61 Å². The van der Waals surface area contributed by atoms with E-state index in [-0.39, 0.29) is 29.7 Å². The van der Waals surface area contributed by atoms with E-state index in [0.29, 0.717) is 40.1 Å². The van der Waals surface area contributed by atoms with Gasteiger partial charge in [0.05, 0.1) is 23.5 Å². The van der Waals surface area contributed by atoms with E-state index in [2.05, 4.69) is 37.7 Å². The zero-order chi connectivity index (χ0) is 26.4. The third kappa shape index (κ3) is 4.86. The second-order valence-corrected chi connectivity index (χ2v) is 9.84. The standard InChI is InChI=1S/C27H27F3N6O2/c1-35-8-6-18(7-9-35)36-14-16(13-32-36)20-11-21-15(10-22(20)28)12-31-25-24(34-25)23(21)26(37)33-17-2-4-19(5-3-17)38-27(29)30/h2-5,10-11,13-14,18,25,27,31,34H,6-9,12H2,1H3,(H,33,37). The van der Waals surface area contributed by atoms with Gasteiger partial charge in [-0.3, -0.25) is 14.8 Å². The second kappa shape index (κ2) is 9.80. The van der Waals surface area contributed by atoms with Gasteiger partial charge in [-0.2, -0.15) is 13.9 Å². The first kappa shape index (κ1) is 24.5. The number of benzene rings is 2. The minimum atomic E-state index is -2.93. The summed E-state index contributed by atoms with van der Waals surface area (Å²) in [6.07, 6.45) is 5.34. The average molecular weight is 525 g/mol. The molecule has 0 bridgehead atoms. The molecule has 0 aliphatic carbocycles. The fourth-order valence-corrected chi connectivity index (χ4v) is 5.15. The van der Waals surface area contributed by atoms with Gasteiger partial charge in [-0.25, -0.2) is 4.39 Å². The van der Waals surface area contributed by atoms with Gasteiger partial charge in [-0.15, -0.1) is 0 Å². The van der Waals surface area contributed by atoms with Crippen LogP contribution in [-0.4, -0.2) is 53.5 Å². The van der Waals surface area contributed by atoms with E-state index >= 15 is 4.39 Å². The van der Waals surface area contributed by atoms with Crippen LogP contribution >= 0.6 is 0 Å². The molecule has 0 saturated carbocycles. The lowest BCUT2D eigenvalue weighted by atomic mass is 9.94. The number of nitrogens with one attached hydrogen (secondary N) is 3. The summed E-state index contributed by atoms with van der Waals surface area (Å²) in [5.74, 6) is -0.771. The Kier molecular flexibility index (Phi) is 6.32. The summed E-state index contributed by atoms with van der Waals surface area (Å²) in [6.45, 7) is -0.565. The van der Waals surface area contributed by atoms with Crippen molar-refractivity contribution in [2.75, 3.05) is 25.5 Å². The van der Waals surface area contributed by atoms with E-state index in [1.165, 1.54) is 30.3 Å². The summed E-state index contributed by atoms with van der Waals surface area (Å²) in [6, 6.07) is 9.15. The normalized spacial score (nSPS) is 19.4. The number of alkyl halides is 2. The molecule has 2 aromatic carbocycles. The smallest absolute Gasteiger partial charge is 0.387 e. The lowest BCUT2D eigenvalue weighted by Crippen LogP contribution is -2.31. The minimum Gasteiger partial charge on any atom is -0.435 e. The third-order valence-electron chi connectivity index (χ3n) is 7.27. The van der Waals surface area contributed by atoms with E-state index in [9.17, 15) is 13.6 Å². The Morgan fingerprint density at radius 2 is 1.92 bits per heavy atom. The van der Waals surface area contributed by atoms with E-state index < -0.39 is 6.61 Å². The summed E-state index contributed by atoms with van der Waals surface area (Å²) >= 11 is 0. The molecular weight excluding hydrogens is 497 g/mol.